The molecule has 0 aromatic heterocycles. The molecule has 2 amide bonds. The summed E-state index contributed by atoms with van der Waals surface area (Å²) in [7, 11) is 0. The normalized spacial score (nSPS) is 23.0. The average Bonchev–Trinajstić information content (AvgIpc) is 2.79. The maximum absolute atomic E-state index is 11.6. The lowest BCUT2D eigenvalue weighted by atomic mass is 9.99. The van der Waals surface area contributed by atoms with Gasteiger partial charge in [0.2, 0.25) is 5.91 Å². The molecule has 1 aliphatic carbocycles. The van der Waals surface area contributed by atoms with Crippen LogP contribution >= 0.6 is 11.6 Å². The first-order chi connectivity index (χ1) is 9.81. The summed E-state index contributed by atoms with van der Waals surface area (Å²) in [5, 5.41) is 0. The van der Waals surface area contributed by atoms with E-state index in [2.05, 4.69) is 9.98 Å². The van der Waals surface area contributed by atoms with Gasteiger partial charge in [0.25, 0.3) is 0 Å². The number of aliphatic imine (C=N–C) groups is 2. The number of carbonyl (C=O) groups is 2. The van der Waals surface area contributed by atoms with Gasteiger partial charge in [-0.05, 0) is 33.6 Å². The van der Waals surface area contributed by atoms with Crippen molar-refractivity contribution in [3.05, 3.63) is 0 Å². The van der Waals surface area contributed by atoms with Gasteiger partial charge in [0.1, 0.15) is 5.60 Å². The van der Waals surface area contributed by atoms with Gasteiger partial charge in [-0.15, -0.1) is 11.6 Å². The predicted octanol–water partition coefficient (Wildman–Crippen LogP) is 3.63. The van der Waals surface area contributed by atoms with Crippen molar-refractivity contribution in [3.8, 4) is 0 Å². The summed E-state index contributed by atoms with van der Waals surface area (Å²) >= 11 is 5.49. The zero-order valence-corrected chi connectivity index (χ0v) is 13.6. The topological polar surface area (TPSA) is 68.1 Å². The zero-order chi connectivity index (χ0) is 15.9. The van der Waals surface area contributed by atoms with Gasteiger partial charge in [0.15, 0.2) is 0 Å². The fourth-order valence-corrected chi connectivity index (χ4v) is 2.32. The second-order valence-corrected chi connectivity index (χ2v) is 6.51. The van der Waals surface area contributed by atoms with Gasteiger partial charge < -0.3 is 4.74 Å². The summed E-state index contributed by atoms with van der Waals surface area (Å²) in [4.78, 5) is 30.6. The third-order valence-corrected chi connectivity index (χ3v) is 3.30. The van der Waals surface area contributed by atoms with Crippen LogP contribution in [0.15, 0.2) is 9.98 Å². The molecule has 0 aromatic carbocycles. The quantitative estimate of drug-likeness (QED) is 0.587. The van der Waals surface area contributed by atoms with Crippen molar-refractivity contribution in [1.82, 2.24) is 0 Å². The van der Waals surface area contributed by atoms with E-state index < -0.39 is 11.7 Å². The van der Waals surface area contributed by atoms with Gasteiger partial charge in [-0.3, -0.25) is 4.79 Å². The van der Waals surface area contributed by atoms with E-state index in [4.69, 9.17) is 16.3 Å². The van der Waals surface area contributed by atoms with E-state index in [9.17, 15) is 9.59 Å². The van der Waals surface area contributed by atoms with Gasteiger partial charge in [-0.25, -0.2) is 9.79 Å². The number of nitrogens with zero attached hydrogens (tertiary/aromatic N) is 2. The Bertz CT molecular complexity index is 427. The molecule has 6 heteroatoms. The lowest BCUT2D eigenvalue weighted by Gasteiger charge is -2.17. The summed E-state index contributed by atoms with van der Waals surface area (Å²) in [5.74, 6) is 0.352. The number of carbonyl (C=O) groups excluding carboxylic acids is 2. The Labute approximate surface area is 130 Å². The minimum Gasteiger partial charge on any atom is -0.442 e. The van der Waals surface area contributed by atoms with Crippen molar-refractivity contribution in [3.63, 3.8) is 0 Å². The van der Waals surface area contributed by atoms with Gasteiger partial charge in [-0.2, -0.15) is 4.99 Å². The molecule has 5 nitrogen and oxygen atoms in total. The summed E-state index contributed by atoms with van der Waals surface area (Å²) in [6.07, 6.45) is 5.89. The van der Waals surface area contributed by atoms with Crippen LogP contribution in [0.3, 0.4) is 0 Å². The number of amides is 2. The first kappa shape index (κ1) is 17.8. The van der Waals surface area contributed by atoms with Gasteiger partial charge in [0, 0.05) is 36.6 Å². The van der Waals surface area contributed by atoms with Crippen LogP contribution in [0.25, 0.3) is 0 Å². The van der Waals surface area contributed by atoms with Crippen LogP contribution in [0.2, 0.25) is 0 Å². The Balaban J connectivity index is 2.53. The van der Waals surface area contributed by atoms with E-state index in [1.165, 1.54) is 0 Å². The summed E-state index contributed by atoms with van der Waals surface area (Å²) in [6, 6.07) is 0. The molecule has 2 atom stereocenters. The number of hydrogen-bond acceptors (Lipinski definition) is 3. The van der Waals surface area contributed by atoms with Crippen molar-refractivity contribution in [2.45, 2.75) is 52.1 Å². The number of hydrogen-bond donors (Lipinski definition) is 0. The first-order valence-electron chi connectivity index (χ1n) is 7.22. The lowest BCUT2D eigenvalue weighted by Crippen LogP contribution is -2.22. The molecule has 0 heterocycles. The molecule has 0 aromatic rings. The lowest BCUT2D eigenvalue weighted by molar-refractivity contribution is -0.117. The Morgan fingerprint density at radius 3 is 2.29 bits per heavy atom. The largest absolute Gasteiger partial charge is 0.442 e. The number of halogens is 1. The molecule has 0 N–H and O–H groups in total. The van der Waals surface area contributed by atoms with Crippen LogP contribution in [0.4, 0.5) is 4.79 Å². The molecule has 2 unspecified atom stereocenters. The second-order valence-electron chi connectivity index (χ2n) is 6.13. The molecule has 0 saturated heterocycles. The van der Waals surface area contributed by atoms with E-state index in [-0.39, 0.29) is 30.0 Å². The van der Waals surface area contributed by atoms with E-state index >= 15 is 0 Å². The molecule has 0 bridgehead atoms. The second kappa shape index (κ2) is 8.27. The van der Waals surface area contributed by atoms with Gasteiger partial charge in [0.05, 0.1) is 0 Å². The summed E-state index contributed by atoms with van der Waals surface area (Å²) < 4.78 is 5.12. The van der Waals surface area contributed by atoms with Crippen molar-refractivity contribution < 1.29 is 14.3 Å². The standard InChI is InChI=1S/C15H23ClN2O3/c1-15(2,3)21-14(20)18-10-12-6-4-5-11(12)9-17-13(19)7-8-16/h9-12H,4-8H2,1-3H3. The monoisotopic (exact) mass is 314 g/mol. The highest BCUT2D eigenvalue weighted by molar-refractivity contribution is 6.19. The SMILES string of the molecule is CC(C)(C)OC(=O)N=CC1CCCC1C=NC(=O)CCCl. The highest BCUT2D eigenvalue weighted by atomic mass is 35.5. The molecule has 0 spiro atoms. The van der Waals surface area contributed by atoms with Crippen LogP contribution in [0.5, 0.6) is 0 Å². The van der Waals surface area contributed by atoms with Crippen molar-refractivity contribution in [2.75, 3.05) is 5.88 Å². The van der Waals surface area contributed by atoms with E-state index in [0.29, 0.717) is 0 Å². The Morgan fingerprint density at radius 1 is 1.19 bits per heavy atom. The van der Waals surface area contributed by atoms with E-state index in [1.54, 1.807) is 33.2 Å². The first-order valence-corrected chi connectivity index (χ1v) is 7.75. The molecule has 1 aliphatic rings. The Morgan fingerprint density at radius 2 is 1.76 bits per heavy atom. The molecule has 1 saturated carbocycles. The smallest absolute Gasteiger partial charge is 0.433 e. The molecule has 1 rings (SSSR count). The Kier molecular flexibility index (Phi) is 7.02. The molecular formula is C15H23ClN2O3. The average molecular weight is 315 g/mol. The van der Waals surface area contributed by atoms with E-state index in [1.807, 2.05) is 0 Å². The molecule has 0 radical (unpaired) electrons. The molecular weight excluding hydrogens is 292 g/mol. The van der Waals surface area contributed by atoms with Gasteiger partial charge >= 0.3 is 6.09 Å². The molecule has 1 fully saturated rings. The summed E-state index contributed by atoms with van der Waals surface area (Å²) in [6.45, 7) is 5.40. The third-order valence-electron chi connectivity index (χ3n) is 3.11. The van der Waals surface area contributed by atoms with Crippen molar-refractivity contribution >= 4 is 36.0 Å². The van der Waals surface area contributed by atoms with Crippen LogP contribution in [-0.2, 0) is 9.53 Å². The fraction of sp³-hybridized carbons (Fsp3) is 0.733. The number of ether oxygens (including phenoxy) is 1. The van der Waals surface area contributed by atoms with Crippen LogP contribution in [0, 0.1) is 11.8 Å². The minimum absolute atomic E-state index is 0.130. The van der Waals surface area contributed by atoms with Crippen LogP contribution in [-0.4, -0.2) is 35.9 Å². The van der Waals surface area contributed by atoms with Crippen molar-refractivity contribution in [2.24, 2.45) is 21.8 Å². The third kappa shape index (κ3) is 7.37. The number of rotatable bonds is 4. The van der Waals surface area contributed by atoms with Crippen molar-refractivity contribution in [1.29, 1.82) is 0 Å². The predicted molar refractivity (Wildman–Crippen MR) is 84.4 cm³/mol. The highest BCUT2D eigenvalue weighted by Gasteiger charge is 2.25. The minimum atomic E-state index is -0.580. The van der Waals surface area contributed by atoms with E-state index in [0.717, 1.165) is 19.3 Å². The van der Waals surface area contributed by atoms with Crippen LogP contribution in [0.1, 0.15) is 46.5 Å². The zero-order valence-electron chi connectivity index (χ0n) is 12.8. The number of alkyl halides is 1. The van der Waals surface area contributed by atoms with Gasteiger partial charge in [-0.1, -0.05) is 6.42 Å². The summed E-state index contributed by atoms with van der Waals surface area (Å²) in [5.41, 5.74) is -0.543. The maximum Gasteiger partial charge on any atom is 0.433 e. The Hall–Kier alpha value is -1.23. The molecule has 21 heavy (non-hydrogen) atoms. The molecule has 0 aliphatic heterocycles. The highest BCUT2D eigenvalue weighted by Crippen LogP contribution is 2.29. The molecule has 118 valence electrons. The van der Waals surface area contributed by atoms with Crippen LogP contribution < -0.4 is 0 Å². The maximum atomic E-state index is 11.6. The fourth-order valence-electron chi connectivity index (χ4n) is 2.16.